The van der Waals surface area contributed by atoms with Crippen LogP contribution < -0.4 is 20.1 Å². The number of amides is 1. The summed E-state index contributed by atoms with van der Waals surface area (Å²) < 4.78 is 53.2. The number of carbonyl (C=O) groups excluding carboxylic acids is 1. The summed E-state index contributed by atoms with van der Waals surface area (Å²) in [6, 6.07) is 11.0. The summed E-state index contributed by atoms with van der Waals surface area (Å²) in [6.07, 6.45) is -4.82. The van der Waals surface area contributed by atoms with Gasteiger partial charge in [0.25, 0.3) is 5.91 Å². The number of aromatic nitrogens is 2. The van der Waals surface area contributed by atoms with E-state index >= 15 is 0 Å². The van der Waals surface area contributed by atoms with Crippen molar-refractivity contribution in [3.63, 3.8) is 0 Å². The number of alkyl halides is 3. The van der Waals surface area contributed by atoms with Crippen molar-refractivity contribution >= 4 is 17.4 Å². The van der Waals surface area contributed by atoms with Crippen molar-refractivity contribution in [1.82, 2.24) is 9.78 Å². The molecule has 0 unspecified atom stereocenters. The second kappa shape index (κ2) is 7.47. The molecule has 2 aliphatic rings. The molecule has 166 valence electrons. The molecule has 1 aromatic heterocycles. The number of anilines is 2. The number of aryl methyl sites for hydroxylation is 1. The topological polar surface area (TPSA) is 77.4 Å². The molecule has 0 fully saturated rings. The Labute approximate surface area is 181 Å². The number of ether oxygens (including phenoxy) is 2. The molecule has 0 saturated heterocycles. The summed E-state index contributed by atoms with van der Waals surface area (Å²) in [7, 11) is 0. The van der Waals surface area contributed by atoms with Crippen LogP contribution in [-0.4, -0.2) is 28.7 Å². The van der Waals surface area contributed by atoms with E-state index in [1.165, 1.54) is 6.07 Å². The third-order valence-corrected chi connectivity index (χ3v) is 5.50. The van der Waals surface area contributed by atoms with Crippen molar-refractivity contribution in [2.75, 3.05) is 17.4 Å². The second-order valence-corrected chi connectivity index (χ2v) is 7.79. The SMILES string of the molecule is Cc1cccc(NC(=O)c2cc3n(n2)[C@H](C(F)(F)F)C[C@@H](c2ccc4c(c2)OCO4)N3)c1. The number of carbonyl (C=O) groups is 1. The van der Waals surface area contributed by atoms with E-state index in [1.54, 1.807) is 36.4 Å². The first-order valence-electron chi connectivity index (χ1n) is 9.98. The molecule has 0 saturated carbocycles. The average Bonchev–Trinajstić information content (AvgIpc) is 3.38. The summed E-state index contributed by atoms with van der Waals surface area (Å²) in [6.45, 7) is 1.95. The van der Waals surface area contributed by atoms with Crippen LogP contribution in [-0.2, 0) is 0 Å². The van der Waals surface area contributed by atoms with Crippen LogP contribution in [0.4, 0.5) is 24.7 Å². The molecule has 1 amide bonds. The van der Waals surface area contributed by atoms with Gasteiger partial charge in [0.05, 0.1) is 6.04 Å². The number of nitrogens with one attached hydrogen (secondary N) is 2. The van der Waals surface area contributed by atoms with E-state index in [4.69, 9.17) is 9.47 Å². The predicted octanol–water partition coefficient (Wildman–Crippen LogP) is 4.83. The lowest BCUT2D eigenvalue weighted by atomic mass is 9.96. The van der Waals surface area contributed by atoms with Crippen molar-refractivity contribution in [3.05, 3.63) is 65.4 Å². The van der Waals surface area contributed by atoms with Gasteiger partial charge in [-0.2, -0.15) is 18.3 Å². The van der Waals surface area contributed by atoms with Crippen LogP contribution in [0.15, 0.2) is 48.5 Å². The van der Waals surface area contributed by atoms with E-state index in [1.807, 2.05) is 13.0 Å². The normalized spacial score (nSPS) is 19.2. The Hall–Kier alpha value is -3.69. The van der Waals surface area contributed by atoms with Gasteiger partial charge in [-0.1, -0.05) is 18.2 Å². The van der Waals surface area contributed by atoms with Gasteiger partial charge in [-0.05, 0) is 42.3 Å². The molecular formula is C22H19F3N4O3. The fourth-order valence-corrected chi connectivity index (χ4v) is 3.95. The zero-order chi connectivity index (χ0) is 22.5. The van der Waals surface area contributed by atoms with Gasteiger partial charge >= 0.3 is 6.18 Å². The Balaban J connectivity index is 1.45. The minimum Gasteiger partial charge on any atom is -0.454 e. The molecule has 0 spiro atoms. The van der Waals surface area contributed by atoms with Gasteiger partial charge in [0, 0.05) is 18.2 Å². The van der Waals surface area contributed by atoms with Crippen LogP contribution in [0, 0.1) is 6.92 Å². The molecule has 2 aliphatic heterocycles. The smallest absolute Gasteiger partial charge is 0.410 e. The van der Waals surface area contributed by atoms with Gasteiger partial charge < -0.3 is 20.1 Å². The van der Waals surface area contributed by atoms with Crippen LogP contribution in [0.1, 0.15) is 40.1 Å². The van der Waals surface area contributed by atoms with Gasteiger partial charge in [-0.3, -0.25) is 4.79 Å². The van der Waals surface area contributed by atoms with E-state index in [0.717, 1.165) is 10.2 Å². The standard InChI is InChI=1S/C22H19F3N4O3/c1-12-3-2-4-14(7-12)26-21(30)16-10-20-27-15(9-19(22(23,24)25)29(20)28-16)13-5-6-17-18(8-13)32-11-31-17/h2-8,10,15,19,27H,9,11H2,1H3,(H,26,30)/t15-,19-/m0/s1. The highest BCUT2D eigenvalue weighted by atomic mass is 19.4. The van der Waals surface area contributed by atoms with Gasteiger partial charge in [0.1, 0.15) is 5.82 Å². The Morgan fingerprint density at radius 3 is 2.75 bits per heavy atom. The lowest BCUT2D eigenvalue weighted by Crippen LogP contribution is -2.35. The minimum atomic E-state index is -4.54. The van der Waals surface area contributed by atoms with Crippen LogP contribution in [0.2, 0.25) is 0 Å². The zero-order valence-electron chi connectivity index (χ0n) is 16.9. The number of halogens is 3. The highest BCUT2D eigenvalue weighted by molar-refractivity contribution is 6.03. The first kappa shape index (κ1) is 20.2. The summed E-state index contributed by atoms with van der Waals surface area (Å²) >= 11 is 0. The monoisotopic (exact) mass is 444 g/mol. The van der Waals surface area contributed by atoms with Gasteiger partial charge in [0.2, 0.25) is 6.79 Å². The predicted molar refractivity (Wildman–Crippen MR) is 110 cm³/mol. The molecule has 3 heterocycles. The first-order valence-corrected chi connectivity index (χ1v) is 9.98. The van der Waals surface area contributed by atoms with Gasteiger partial charge in [-0.15, -0.1) is 0 Å². The van der Waals surface area contributed by atoms with Crippen molar-refractivity contribution in [2.45, 2.75) is 31.6 Å². The van der Waals surface area contributed by atoms with Crippen LogP contribution >= 0.6 is 0 Å². The second-order valence-electron chi connectivity index (χ2n) is 7.79. The number of nitrogens with zero attached hydrogens (tertiary/aromatic N) is 2. The van der Waals surface area contributed by atoms with E-state index in [0.29, 0.717) is 22.7 Å². The van der Waals surface area contributed by atoms with E-state index in [9.17, 15) is 18.0 Å². The highest BCUT2D eigenvalue weighted by Crippen LogP contribution is 2.45. The molecular weight excluding hydrogens is 425 g/mol. The van der Waals surface area contributed by atoms with Gasteiger partial charge in [0.15, 0.2) is 23.2 Å². The minimum absolute atomic E-state index is 0.0776. The Morgan fingerprint density at radius 1 is 1.16 bits per heavy atom. The number of hydrogen-bond donors (Lipinski definition) is 2. The van der Waals surface area contributed by atoms with Gasteiger partial charge in [-0.25, -0.2) is 4.68 Å². The molecule has 10 heteroatoms. The number of rotatable bonds is 3. The maximum absolute atomic E-state index is 13.9. The highest BCUT2D eigenvalue weighted by Gasteiger charge is 2.47. The van der Waals surface area contributed by atoms with E-state index < -0.39 is 24.2 Å². The molecule has 2 atom stereocenters. The average molecular weight is 444 g/mol. The van der Waals surface area contributed by atoms with Crippen LogP contribution in [0.3, 0.4) is 0 Å². The largest absolute Gasteiger partial charge is 0.454 e. The summed E-state index contributed by atoms with van der Waals surface area (Å²) in [5.74, 6) is 0.581. The third-order valence-electron chi connectivity index (χ3n) is 5.50. The Bertz CT molecular complexity index is 1190. The molecule has 2 N–H and O–H groups in total. The number of fused-ring (bicyclic) bond motifs is 2. The van der Waals surface area contributed by atoms with E-state index in [-0.39, 0.29) is 24.7 Å². The molecule has 3 aromatic rings. The molecule has 2 aromatic carbocycles. The lowest BCUT2D eigenvalue weighted by molar-refractivity contribution is -0.173. The summed E-state index contributed by atoms with van der Waals surface area (Å²) in [5, 5.41) is 9.74. The fourth-order valence-electron chi connectivity index (χ4n) is 3.95. The van der Waals surface area contributed by atoms with Crippen molar-refractivity contribution in [1.29, 1.82) is 0 Å². The molecule has 7 nitrogen and oxygen atoms in total. The van der Waals surface area contributed by atoms with Crippen molar-refractivity contribution in [2.24, 2.45) is 0 Å². The van der Waals surface area contributed by atoms with Crippen molar-refractivity contribution in [3.8, 4) is 11.5 Å². The maximum Gasteiger partial charge on any atom is 0.410 e. The molecule has 0 bridgehead atoms. The maximum atomic E-state index is 13.9. The molecule has 5 rings (SSSR count). The number of benzene rings is 2. The fraction of sp³-hybridized carbons (Fsp3) is 0.273. The molecule has 0 aliphatic carbocycles. The van der Waals surface area contributed by atoms with Crippen LogP contribution in [0.5, 0.6) is 11.5 Å². The molecule has 0 radical (unpaired) electrons. The zero-order valence-corrected chi connectivity index (χ0v) is 16.9. The molecule has 32 heavy (non-hydrogen) atoms. The third kappa shape index (κ3) is 3.72. The van der Waals surface area contributed by atoms with Crippen LogP contribution in [0.25, 0.3) is 0 Å². The quantitative estimate of drug-likeness (QED) is 0.605. The Kier molecular flexibility index (Phi) is 4.72. The lowest BCUT2D eigenvalue weighted by Gasteiger charge is -2.33. The summed E-state index contributed by atoms with van der Waals surface area (Å²) in [4.78, 5) is 12.7. The van der Waals surface area contributed by atoms with E-state index in [2.05, 4.69) is 15.7 Å². The Morgan fingerprint density at radius 2 is 1.97 bits per heavy atom. The van der Waals surface area contributed by atoms with Crippen molar-refractivity contribution < 1.29 is 27.4 Å². The summed E-state index contributed by atoms with van der Waals surface area (Å²) in [5.41, 5.74) is 2.01. The number of hydrogen-bond acceptors (Lipinski definition) is 5. The first-order chi connectivity index (χ1) is 15.3.